The molecule has 0 fully saturated rings. The number of rotatable bonds is 1. The van der Waals surface area contributed by atoms with Crippen LogP contribution in [-0.2, 0) is 0 Å². The zero-order valence-corrected chi connectivity index (χ0v) is 6.13. The van der Waals surface area contributed by atoms with Crippen molar-refractivity contribution in [1.29, 1.82) is 0 Å². The van der Waals surface area contributed by atoms with Crippen LogP contribution < -0.4 is 0 Å². The molecule has 0 spiro atoms. The SMILES string of the molecule is Cc1cn(C(C)C)cn1. The van der Waals surface area contributed by atoms with E-state index in [-0.39, 0.29) is 0 Å². The van der Waals surface area contributed by atoms with Gasteiger partial charge in [0.15, 0.2) is 0 Å². The Bertz CT molecular complexity index is 189. The molecule has 1 aromatic heterocycles. The molecule has 2 heteroatoms. The van der Waals surface area contributed by atoms with Gasteiger partial charge < -0.3 is 4.57 Å². The van der Waals surface area contributed by atoms with Gasteiger partial charge in [-0.3, -0.25) is 0 Å². The normalized spacial score (nSPS) is 10.7. The van der Waals surface area contributed by atoms with Crippen LogP contribution in [0.25, 0.3) is 0 Å². The molecule has 0 aliphatic rings. The van der Waals surface area contributed by atoms with Gasteiger partial charge in [-0.15, -0.1) is 0 Å². The number of imidazole rings is 1. The van der Waals surface area contributed by atoms with Gasteiger partial charge in [0.1, 0.15) is 0 Å². The Labute approximate surface area is 55.5 Å². The smallest absolute Gasteiger partial charge is 0.0951 e. The van der Waals surface area contributed by atoms with Crippen molar-refractivity contribution in [1.82, 2.24) is 9.55 Å². The summed E-state index contributed by atoms with van der Waals surface area (Å²) in [6.45, 7) is 6.28. The number of hydrogen-bond acceptors (Lipinski definition) is 1. The molecule has 2 nitrogen and oxygen atoms in total. The molecule has 0 amide bonds. The molecule has 0 aliphatic heterocycles. The van der Waals surface area contributed by atoms with Gasteiger partial charge >= 0.3 is 0 Å². The van der Waals surface area contributed by atoms with Crippen molar-refractivity contribution >= 4 is 0 Å². The maximum atomic E-state index is 4.10. The number of hydrogen-bond donors (Lipinski definition) is 0. The molecule has 0 N–H and O–H groups in total. The minimum atomic E-state index is 0.534. The Hall–Kier alpha value is -0.790. The average molecular weight is 124 g/mol. The standard InChI is InChI=1S/C7H12N2/c1-6(2)9-4-7(3)8-5-9/h4-6H,1-3H3. The summed E-state index contributed by atoms with van der Waals surface area (Å²) in [5.74, 6) is 0. The van der Waals surface area contributed by atoms with E-state index in [9.17, 15) is 0 Å². The van der Waals surface area contributed by atoms with E-state index in [0.29, 0.717) is 6.04 Å². The van der Waals surface area contributed by atoms with E-state index in [1.165, 1.54) is 0 Å². The highest BCUT2D eigenvalue weighted by Gasteiger charge is 1.95. The fourth-order valence-electron chi connectivity index (χ4n) is 0.723. The third kappa shape index (κ3) is 1.31. The molecule has 50 valence electrons. The van der Waals surface area contributed by atoms with Gasteiger partial charge in [0, 0.05) is 12.2 Å². The molecule has 1 heterocycles. The van der Waals surface area contributed by atoms with E-state index in [4.69, 9.17) is 0 Å². The third-order valence-electron chi connectivity index (χ3n) is 1.33. The van der Waals surface area contributed by atoms with Crippen LogP contribution in [0.5, 0.6) is 0 Å². The molecule has 0 saturated heterocycles. The first-order chi connectivity index (χ1) is 4.20. The lowest BCUT2D eigenvalue weighted by Crippen LogP contribution is -1.95. The van der Waals surface area contributed by atoms with E-state index < -0.39 is 0 Å². The fraction of sp³-hybridized carbons (Fsp3) is 0.571. The molecule has 9 heavy (non-hydrogen) atoms. The van der Waals surface area contributed by atoms with Gasteiger partial charge in [-0.1, -0.05) is 0 Å². The Balaban J connectivity index is 2.85. The molecule has 0 radical (unpaired) electrons. The zero-order valence-electron chi connectivity index (χ0n) is 6.13. The van der Waals surface area contributed by atoms with Crippen LogP contribution in [0.15, 0.2) is 12.5 Å². The van der Waals surface area contributed by atoms with E-state index in [2.05, 4.69) is 23.4 Å². The second kappa shape index (κ2) is 2.21. The monoisotopic (exact) mass is 124 g/mol. The zero-order chi connectivity index (χ0) is 6.85. The van der Waals surface area contributed by atoms with Crippen molar-refractivity contribution in [2.45, 2.75) is 26.8 Å². The molecule has 0 aliphatic carbocycles. The van der Waals surface area contributed by atoms with Crippen molar-refractivity contribution < 1.29 is 0 Å². The van der Waals surface area contributed by atoms with E-state index >= 15 is 0 Å². The maximum absolute atomic E-state index is 4.10. The van der Waals surface area contributed by atoms with E-state index in [0.717, 1.165) is 5.69 Å². The summed E-state index contributed by atoms with van der Waals surface area (Å²) >= 11 is 0. The van der Waals surface area contributed by atoms with Crippen molar-refractivity contribution in [3.8, 4) is 0 Å². The lowest BCUT2D eigenvalue weighted by atomic mass is 10.4. The van der Waals surface area contributed by atoms with Crippen molar-refractivity contribution in [2.75, 3.05) is 0 Å². The van der Waals surface area contributed by atoms with Crippen LogP contribution in [0.4, 0.5) is 0 Å². The molecule has 0 unspecified atom stereocenters. The predicted octanol–water partition coefficient (Wildman–Crippen LogP) is 1.77. The first-order valence-electron chi connectivity index (χ1n) is 3.20. The number of aryl methyl sites for hydroxylation is 1. The minimum Gasteiger partial charge on any atom is -0.335 e. The molecule has 1 rings (SSSR count). The highest BCUT2D eigenvalue weighted by atomic mass is 15.0. The molecule has 1 aromatic rings. The molecular formula is C7H12N2. The van der Waals surface area contributed by atoms with Crippen LogP contribution in [0.3, 0.4) is 0 Å². The highest BCUT2D eigenvalue weighted by molar-refractivity contribution is 4.93. The van der Waals surface area contributed by atoms with Crippen LogP contribution in [0, 0.1) is 6.92 Å². The summed E-state index contributed by atoms with van der Waals surface area (Å²) in [5.41, 5.74) is 1.09. The quantitative estimate of drug-likeness (QED) is 0.558. The third-order valence-corrected chi connectivity index (χ3v) is 1.33. The van der Waals surface area contributed by atoms with E-state index in [1.807, 2.05) is 19.4 Å². The summed E-state index contributed by atoms with van der Waals surface area (Å²) in [6, 6.07) is 0.534. The van der Waals surface area contributed by atoms with Gasteiger partial charge in [-0.05, 0) is 20.8 Å². The van der Waals surface area contributed by atoms with Crippen molar-refractivity contribution in [3.05, 3.63) is 18.2 Å². The number of nitrogens with zero attached hydrogens (tertiary/aromatic N) is 2. The largest absolute Gasteiger partial charge is 0.335 e. The van der Waals surface area contributed by atoms with Gasteiger partial charge in [-0.25, -0.2) is 4.98 Å². The van der Waals surface area contributed by atoms with Crippen LogP contribution in [0.2, 0.25) is 0 Å². The second-order valence-corrected chi connectivity index (χ2v) is 2.56. The topological polar surface area (TPSA) is 17.8 Å². The fourth-order valence-corrected chi connectivity index (χ4v) is 0.723. The Morgan fingerprint density at radius 3 is 2.44 bits per heavy atom. The summed E-state index contributed by atoms with van der Waals surface area (Å²) in [6.07, 6.45) is 3.91. The minimum absolute atomic E-state index is 0.534. The summed E-state index contributed by atoms with van der Waals surface area (Å²) in [5, 5.41) is 0. The summed E-state index contributed by atoms with van der Waals surface area (Å²) in [4.78, 5) is 4.10. The highest BCUT2D eigenvalue weighted by Crippen LogP contribution is 2.03. The first kappa shape index (κ1) is 6.33. The van der Waals surface area contributed by atoms with Crippen LogP contribution >= 0.6 is 0 Å². The van der Waals surface area contributed by atoms with Crippen LogP contribution in [-0.4, -0.2) is 9.55 Å². The van der Waals surface area contributed by atoms with Gasteiger partial charge in [-0.2, -0.15) is 0 Å². The van der Waals surface area contributed by atoms with Crippen LogP contribution in [0.1, 0.15) is 25.6 Å². The lowest BCUT2D eigenvalue weighted by Gasteiger charge is -2.02. The maximum Gasteiger partial charge on any atom is 0.0951 e. The molecule has 0 atom stereocenters. The average Bonchev–Trinajstić information content (AvgIpc) is 2.14. The summed E-state index contributed by atoms with van der Waals surface area (Å²) < 4.78 is 2.09. The Morgan fingerprint density at radius 2 is 2.22 bits per heavy atom. The number of aromatic nitrogens is 2. The molecular weight excluding hydrogens is 112 g/mol. The van der Waals surface area contributed by atoms with Gasteiger partial charge in [0.25, 0.3) is 0 Å². The van der Waals surface area contributed by atoms with Gasteiger partial charge in [0.05, 0.1) is 12.0 Å². The first-order valence-corrected chi connectivity index (χ1v) is 3.20. The summed E-state index contributed by atoms with van der Waals surface area (Å²) in [7, 11) is 0. The Morgan fingerprint density at radius 1 is 1.56 bits per heavy atom. The predicted molar refractivity (Wildman–Crippen MR) is 37.3 cm³/mol. The lowest BCUT2D eigenvalue weighted by molar-refractivity contribution is 0.599. The molecule has 0 saturated carbocycles. The van der Waals surface area contributed by atoms with Crippen molar-refractivity contribution in [2.24, 2.45) is 0 Å². The van der Waals surface area contributed by atoms with E-state index in [1.54, 1.807) is 0 Å². The second-order valence-electron chi connectivity index (χ2n) is 2.56. The Kier molecular flexibility index (Phi) is 1.56. The molecule has 0 aromatic carbocycles. The van der Waals surface area contributed by atoms with Crippen molar-refractivity contribution in [3.63, 3.8) is 0 Å². The van der Waals surface area contributed by atoms with Gasteiger partial charge in [0.2, 0.25) is 0 Å². The molecule has 0 bridgehead atoms.